The predicted octanol–water partition coefficient (Wildman–Crippen LogP) is 3.42. The Morgan fingerprint density at radius 2 is 1.70 bits per heavy atom. The molecule has 1 aromatic carbocycles. The van der Waals surface area contributed by atoms with Crippen LogP contribution >= 0.6 is 0 Å². The van der Waals surface area contributed by atoms with Gasteiger partial charge in [0.15, 0.2) is 5.69 Å². The van der Waals surface area contributed by atoms with Gasteiger partial charge >= 0.3 is 0 Å². The summed E-state index contributed by atoms with van der Waals surface area (Å²) in [5, 5.41) is 3.78. The van der Waals surface area contributed by atoms with Gasteiger partial charge in [0, 0.05) is 38.7 Å². The number of carbonyl (C=O) groups is 2. The Bertz CT molecular complexity index is 859. The standard InChI is InChI=1S/C23H31N3O4/c1-17-16-20(24-30-17)22(28)26-13-11-25(12-14-26)21(27)6-5-15-29-19-9-7-18(8-10-19)23(2,3)4/h7-10,16H,5-6,11-15H2,1-4H3. The summed E-state index contributed by atoms with van der Waals surface area (Å²) in [5.41, 5.74) is 1.70. The summed E-state index contributed by atoms with van der Waals surface area (Å²) in [6, 6.07) is 9.77. The lowest BCUT2D eigenvalue weighted by Crippen LogP contribution is -2.50. The van der Waals surface area contributed by atoms with Crippen molar-refractivity contribution in [3.8, 4) is 5.75 Å². The van der Waals surface area contributed by atoms with Crippen molar-refractivity contribution >= 4 is 11.8 Å². The Balaban J connectivity index is 1.36. The van der Waals surface area contributed by atoms with Crippen molar-refractivity contribution < 1.29 is 18.8 Å². The molecular weight excluding hydrogens is 382 g/mol. The average Bonchev–Trinajstić information content (AvgIpc) is 3.16. The van der Waals surface area contributed by atoms with Crippen LogP contribution in [0.25, 0.3) is 0 Å². The van der Waals surface area contributed by atoms with Crippen molar-refractivity contribution in [2.45, 2.75) is 46.0 Å². The van der Waals surface area contributed by atoms with Crippen molar-refractivity contribution in [2.75, 3.05) is 32.8 Å². The highest BCUT2D eigenvalue weighted by molar-refractivity contribution is 5.92. The smallest absolute Gasteiger partial charge is 0.276 e. The largest absolute Gasteiger partial charge is 0.494 e. The summed E-state index contributed by atoms with van der Waals surface area (Å²) in [4.78, 5) is 28.4. The lowest BCUT2D eigenvalue weighted by atomic mass is 9.87. The summed E-state index contributed by atoms with van der Waals surface area (Å²) in [5.74, 6) is 1.39. The molecule has 1 aliphatic rings. The number of hydrogen-bond acceptors (Lipinski definition) is 5. The van der Waals surface area contributed by atoms with Crippen LogP contribution in [0.2, 0.25) is 0 Å². The van der Waals surface area contributed by atoms with Crippen LogP contribution in [-0.2, 0) is 10.2 Å². The number of aryl methyl sites for hydroxylation is 1. The van der Waals surface area contributed by atoms with Crippen LogP contribution < -0.4 is 4.74 Å². The summed E-state index contributed by atoms with van der Waals surface area (Å²) in [6.07, 6.45) is 1.10. The predicted molar refractivity (Wildman–Crippen MR) is 114 cm³/mol. The fraction of sp³-hybridized carbons (Fsp3) is 0.522. The van der Waals surface area contributed by atoms with Crippen molar-refractivity contribution in [3.63, 3.8) is 0 Å². The number of hydrogen-bond donors (Lipinski definition) is 0. The summed E-state index contributed by atoms with van der Waals surface area (Å²) in [6.45, 7) is 10.9. The van der Waals surface area contributed by atoms with Crippen LogP contribution in [0.15, 0.2) is 34.9 Å². The molecule has 1 saturated heterocycles. The molecule has 0 bridgehead atoms. The zero-order valence-electron chi connectivity index (χ0n) is 18.3. The van der Waals surface area contributed by atoms with Crippen LogP contribution in [-0.4, -0.2) is 59.6 Å². The van der Waals surface area contributed by atoms with Crippen molar-refractivity contribution in [1.29, 1.82) is 0 Å². The van der Waals surface area contributed by atoms with Crippen LogP contribution in [0.1, 0.15) is 55.4 Å². The maximum atomic E-state index is 12.5. The summed E-state index contributed by atoms with van der Waals surface area (Å²) < 4.78 is 10.7. The molecule has 0 atom stereocenters. The first-order chi connectivity index (χ1) is 14.2. The molecular formula is C23H31N3O4. The first-order valence-corrected chi connectivity index (χ1v) is 10.5. The molecule has 1 aliphatic heterocycles. The molecule has 0 unspecified atom stereocenters. The third kappa shape index (κ3) is 5.62. The fourth-order valence-electron chi connectivity index (χ4n) is 3.41. The number of piperazine rings is 1. The van der Waals surface area contributed by atoms with Gasteiger partial charge in [-0.15, -0.1) is 0 Å². The van der Waals surface area contributed by atoms with E-state index in [9.17, 15) is 9.59 Å². The van der Waals surface area contributed by atoms with E-state index in [0.29, 0.717) is 57.1 Å². The first-order valence-electron chi connectivity index (χ1n) is 10.5. The molecule has 2 heterocycles. The minimum atomic E-state index is -0.148. The molecule has 0 saturated carbocycles. The Hall–Kier alpha value is -2.83. The van der Waals surface area contributed by atoms with Crippen molar-refractivity contribution in [2.24, 2.45) is 0 Å². The second-order valence-corrected chi connectivity index (χ2v) is 8.72. The van der Waals surface area contributed by atoms with Gasteiger partial charge in [-0.3, -0.25) is 9.59 Å². The average molecular weight is 414 g/mol. The molecule has 1 fully saturated rings. The van der Waals surface area contributed by atoms with E-state index in [1.807, 2.05) is 17.0 Å². The van der Waals surface area contributed by atoms with Gasteiger partial charge in [0.1, 0.15) is 11.5 Å². The van der Waals surface area contributed by atoms with Crippen molar-refractivity contribution in [3.05, 3.63) is 47.3 Å². The second-order valence-electron chi connectivity index (χ2n) is 8.72. The molecule has 7 nitrogen and oxygen atoms in total. The molecule has 1 aromatic heterocycles. The van der Waals surface area contributed by atoms with Gasteiger partial charge in [-0.1, -0.05) is 38.1 Å². The molecule has 162 valence electrons. The van der Waals surface area contributed by atoms with E-state index in [-0.39, 0.29) is 17.2 Å². The quantitative estimate of drug-likeness (QED) is 0.678. The maximum Gasteiger partial charge on any atom is 0.276 e. The molecule has 30 heavy (non-hydrogen) atoms. The van der Waals surface area contributed by atoms with Crippen LogP contribution in [0.5, 0.6) is 5.75 Å². The van der Waals surface area contributed by atoms with Gasteiger partial charge in [-0.2, -0.15) is 0 Å². The lowest BCUT2D eigenvalue weighted by Gasteiger charge is -2.34. The van der Waals surface area contributed by atoms with Gasteiger partial charge in [0.2, 0.25) is 5.91 Å². The summed E-state index contributed by atoms with van der Waals surface area (Å²) in [7, 11) is 0. The highest BCUT2D eigenvalue weighted by Gasteiger charge is 2.26. The Morgan fingerprint density at radius 1 is 1.07 bits per heavy atom. The van der Waals surface area contributed by atoms with Crippen LogP contribution in [0.4, 0.5) is 0 Å². The molecule has 2 amide bonds. The van der Waals surface area contributed by atoms with E-state index in [1.54, 1.807) is 17.9 Å². The Morgan fingerprint density at radius 3 is 2.27 bits per heavy atom. The van der Waals surface area contributed by atoms with E-state index >= 15 is 0 Å². The topological polar surface area (TPSA) is 75.9 Å². The van der Waals surface area contributed by atoms with Gasteiger partial charge in [0.25, 0.3) is 5.91 Å². The molecule has 3 rings (SSSR count). The number of aromatic nitrogens is 1. The monoisotopic (exact) mass is 413 g/mol. The Kier molecular flexibility index (Phi) is 6.80. The van der Waals surface area contributed by atoms with E-state index in [2.05, 4.69) is 38.1 Å². The van der Waals surface area contributed by atoms with Gasteiger partial charge in [0.05, 0.1) is 6.61 Å². The number of nitrogens with zero attached hydrogens (tertiary/aromatic N) is 3. The van der Waals surface area contributed by atoms with E-state index < -0.39 is 0 Å². The number of rotatable bonds is 6. The van der Waals surface area contributed by atoms with E-state index in [1.165, 1.54) is 5.56 Å². The number of carbonyl (C=O) groups excluding carboxylic acids is 2. The second kappa shape index (κ2) is 9.32. The molecule has 0 N–H and O–H groups in total. The van der Waals surface area contributed by atoms with Crippen LogP contribution in [0.3, 0.4) is 0 Å². The molecule has 0 aliphatic carbocycles. The van der Waals surface area contributed by atoms with E-state index in [4.69, 9.17) is 9.26 Å². The zero-order valence-corrected chi connectivity index (χ0v) is 18.3. The summed E-state index contributed by atoms with van der Waals surface area (Å²) >= 11 is 0. The van der Waals surface area contributed by atoms with Crippen LogP contribution in [0, 0.1) is 6.92 Å². The zero-order chi connectivity index (χ0) is 21.7. The maximum absolute atomic E-state index is 12.5. The van der Waals surface area contributed by atoms with Gasteiger partial charge < -0.3 is 19.1 Å². The Labute approximate surface area is 178 Å². The third-order valence-corrected chi connectivity index (χ3v) is 5.29. The third-order valence-electron chi connectivity index (χ3n) is 5.29. The molecule has 0 spiro atoms. The number of benzene rings is 1. The SMILES string of the molecule is Cc1cc(C(=O)N2CCN(C(=O)CCCOc3ccc(C(C)(C)C)cc3)CC2)no1. The fourth-order valence-corrected chi connectivity index (χ4v) is 3.41. The van der Waals surface area contributed by atoms with Gasteiger partial charge in [-0.25, -0.2) is 0 Å². The van der Waals surface area contributed by atoms with E-state index in [0.717, 1.165) is 5.75 Å². The normalized spacial score (nSPS) is 14.7. The minimum absolute atomic E-state index is 0.103. The molecule has 0 radical (unpaired) electrons. The highest BCUT2D eigenvalue weighted by Crippen LogP contribution is 2.24. The van der Waals surface area contributed by atoms with Gasteiger partial charge in [-0.05, 0) is 36.5 Å². The molecule has 2 aromatic rings. The minimum Gasteiger partial charge on any atom is -0.494 e. The molecule has 7 heteroatoms. The number of amides is 2. The number of ether oxygens (including phenoxy) is 1. The first kappa shape index (κ1) is 21.9. The van der Waals surface area contributed by atoms with Crippen molar-refractivity contribution in [1.82, 2.24) is 15.0 Å². The highest BCUT2D eigenvalue weighted by atomic mass is 16.5. The lowest BCUT2D eigenvalue weighted by molar-refractivity contribution is -0.132.